The molecule has 0 saturated heterocycles. The summed E-state index contributed by atoms with van der Waals surface area (Å²) in [5, 5.41) is 11.7. The van der Waals surface area contributed by atoms with Gasteiger partial charge < -0.3 is 10.4 Å². The second-order valence-corrected chi connectivity index (χ2v) is 3.18. The van der Waals surface area contributed by atoms with Crippen molar-refractivity contribution in [3.63, 3.8) is 0 Å². The third-order valence-corrected chi connectivity index (χ3v) is 1.80. The van der Waals surface area contributed by atoms with E-state index >= 15 is 0 Å². The molecular formula is C10H13F2NO. The molecule has 1 aromatic rings. The number of benzene rings is 1. The van der Waals surface area contributed by atoms with E-state index in [0.717, 1.165) is 0 Å². The lowest BCUT2D eigenvalue weighted by Gasteiger charge is -2.08. The molecule has 0 radical (unpaired) electrons. The molecule has 4 heteroatoms. The molecule has 0 spiro atoms. The van der Waals surface area contributed by atoms with Crippen LogP contribution in [-0.4, -0.2) is 17.8 Å². The summed E-state index contributed by atoms with van der Waals surface area (Å²) >= 11 is 0. The largest absolute Gasteiger partial charge is 0.392 e. The average molecular weight is 201 g/mol. The molecule has 2 N–H and O–H groups in total. The first-order valence-corrected chi connectivity index (χ1v) is 4.43. The van der Waals surface area contributed by atoms with Crippen LogP contribution in [0.2, 0.25) is 0 Å². The van der Waals surface area contributed by atoms with E-state index in [4.69, 9.17) is 5.11 Å². The Hall–Kier alpha value is -1.00. The molecule has 2 nitrogen and oxygen atoms in total. The first-order valence-electron chi connectivity index (χ1n) is 4.43. The molecular weight excluding hydrogens is 188 g/mol. The van der Waals surface area contributed by atoms with E-state index in [-0.39, 0.29) is 12.1 Å². The molecule has 0 heterocycles. The van der Waals surface area contributed by atoms with Crippen molar-refractivity contribution in [2.75, 3.05) is 6.54 Å². The van der Waals surface area contributed by atoms with Gasteiger partial charge in [-0.1, -0.05) is 6.07 Å². The Labute approximate surface area is 81.6 Å². The molecule has 14 heavy (non-hydrogen) atoms. The van der Waals surface area contributed by atoms with Gasteiger partial charge in [0.05, 0.1) is 6.10 Å². The van der Waals surface area contributed by atoms with Gasteiger partial charge in [0.15, 0.2) is 0 Å². The third-order valence-electron chi connectivity index (χ3n) is 1.80. The van der Waals surface area contributed by atoms with Crippen LogP contribution in [0.5, 0.6) is 0 Å². The zero-order chi connectivity index (χ0) is 10.6. The van der Waals surface area contributed by atoms with Crippen LogP contribution in [0.25, 0.3) is 0 Å². The average Bonchev–Trinajstić information content (AvgIpc) is 2.09. The van der Waals surface area contributed by atoms with Gasteiger partial charge in [-0.05, 0) is 19.1 Å². The first-order chi connectivity index (χ1) is 6.61. The highest BCUT2D eigenvalue weighted by atomic mass is 19.1. The van der Waals surface area contributed by atoms with Gasteiger partial charge >= 0.3 is 0 Å². The molecule has 0 aliphatic carbocycles. The maximum Gasteiger partial charge on any atom is 0.130 e. The van der Waals surface area contributed by atoms with E-state index in [1.807, 2.05) is 0 Å². The Kier molecular flexibility index (Phi) is 3.98. The number of hydrogen-bond acceptors (Lipinski definition) is 2. The smallest absolute Gasteiger partial charge is 0.130 e. The van der Waals surface area contributed by atoms with Gasteiger partial charge in [0.2, 0.25) is 0 Å². The Morgan fingerprint density at radius 1 is 1.36 bits per heavy atom. The summed E-state index contributed by atoms with van der Waals surface area (Å²) in [5.74, 6) is -1.13. The highest BCUT2D eigenvalue weighted by Crippen LogP contribution is 2.11. The minimum absolute atomic E-state index is 0.00755. The van der Waals surface area contributed by atoms with Crippen molar-refractivity contribution in [1.82, 2.24) is 5.32 Å². The van der Waals surface area contributed by atoms with E-state index in [1.54, 1.807) is 6.92 Å². The Morgan fingerprint density at radius 3 is 2.43 bits per heavy atom. The van der Waals surface area contributed by atoms with Crippen LogP contribution in [0.15, 0.2) is 18.2 Å². The van der Waals surface area contributed by atoms with Crippen LogP contribution in [0, 0.1) is 11.6 Å². The van der Waals surface area contributed by atoms with Crippen LogP contribution < -0.4 is 5.32 Å². The predicted octanol–water partition coefficient (Wildman–Crippen LogP) is 1.44. The zero-order valence-electron chi connectivity index (χ0n) is 7.93. The van der Waals surface area contributed by atoms with Gasteiger partial charge in [0.1, 0.15) is 11.6 Å². The van der Waals surface area contributed by atoms with Crippen LogP contribution in [0.3, 0.4) is 0 Å². The minimum Gasteiger partial charge on any atom is -0.392 e. The van der Waals surface area contributed by atoms with Gasteiger partial charge in [-0.3, -0.25) is 0 Å². The number of aliphatic hydroxyl groups excluding tert-OH is 1. The summed E-state index contributed by atoms with van der Waals surface area (Å²) < 4.78 is 26.1. The standard InChI is InChI=1S/C10H13F2NO/c1-7(14)5-13-6-8-9(11)3-2-4-10(8)12/h2-4,7,13-14H,5-6H2,1H3. The fourth-order valence-electron chi connectivity index (χ4n) is 1.11. The van der Waals surface area contributed by atoms with E-state index in [9.17, 15) is 8.78 Å². The molecule has 0 aromatic heterocycles. The minimum atomic E-state index is -0.567. The Morgan fingerprint density at radius 2 is 1.93 bits per heavy atom. The molecule has 0 fully saturated rings. The lowest BCUT2D eigenvalue weighted by Crippen LogP contribution is -2.24. The van der Waals surface area contributed by atoms with E-state index in [1.165, 1.54) is 18.2 Å². The lowest BCUT2D eigenvalue weighted by atomic mass is 10.2. The van der Waals surface area contributed by atoms with Crippen LogP contribution in [0.1, 0.15) is 12.5 Å². The van der Waals surface area contributed by atoms with E-state index < -0.39 is 17.7 Å². The predicted molar refractivity (Wildman–Crippen MR) is 49.7 cm³/mol. The van der Waals surface area contributed by atoms with Gasteiger partial charge in [-0.15, -0.1) is 0 Å². The summed E-state index contributed by atoms with van der Waals surface area (Å²) in [5.41, 5.74) is 0.00755. The number of rotatable bonds is 4. The second kappa shape index (κ2) is 5.02. The van der Waals surface area contributed by atoms with Crippen LogP contribution in [0.4, 0.5) is 8.78 Å². The van der Waals surface area contributed by atoms with Crippen molar-refractivity contribution in [2.24, 2.45) is 0 Å². The fraction of sp³-hybridized carbons (Fsp3) is 0.400. The molecule has 1 aromatic carbocycles. The Balaban J connectivity index is 2.58. The van der Waals surface area contributed by atoms with E-state index in [0.29, 0.717) is 6.54 Å². The summed E-state index contributed by atoms with van der Waals surface area (Å²) in [4.78, 5) is 0. The van der Waals surface area contributed by atoms with Crippen molar-refractivity contribution in [2.45, 2.75) is 19.6 Å². The van der Waals surface area contributed by atoms with Crippen molar-refractivity contribution in [1.29, 1.82) is 0 Å². The number of nitrogens with one attached hydrogen (secondary N) is 1. The molecule has 0 saturated carbocycles. The topological polar surface area (TPSA) is 32.3 Å². The maximum atomic E-state index is 13.0. The normalized spacial score (nSPS) is 12.9. The first kappa shape index (κ1) is 11.1. The van der Waals surface area contributed by atoms with Gasteiger partial charge in [0.25, 0.3) is 0 Å². The molecule has 1 unspecified atom stereocenters. The van der Waals surface area contributed by atoms with Gasteiger partial charge in [0, 0.05) is 18.7 Å². The lowest BCUT2D eigenvalue weighted by molar-refractivity contribution is 0.190. The van der Waals surface area contributed by atoms with Crippen molar-refractivity contribution in [3.05, 3.63) is 35.4 Å². The van der Waals surface area contributed by atoms with Gasteiger partial charge in [-0.25, -0.2) is 8.78 Å². The number of hydrogen-bond donors (Lipinski definition) is 2. The van der Waals surface area contributed by atoms with Crippen LogP contribution >= 0.6 is 0 Å². The van der Waals surface area contributed by atoms with E-state index in [2.05, 4.69) is 5.32 Å². The molecule has 78 valence electrons. The summed E-state index contributed by atoms with van der Waals surface area (Å²) in [6.45, 7) is 2.00. The zero-order valence-corrected chi connectivity index (χ0v) is 7.93. The summed E-state index contributed by atoms with van der Waals surface area (Å²) in [6.07, 6.45) is -0.523. The quantitative estimate of drug-likeness (QED) is 0.772. The maximum absolute atomic E-state index is 13.0. The molecule has 1 rings (SSSR count). The second-order valence-electron chi connectivity index (χ2n) is 3.18. The fourth-order valence-corrected chi connectivity index (χ4v) is 1.11. The van der Waals surface area contributed by atoms with Crippen molar-refractivity contribution >= 4 is 0 Å². The molecule has 0 amide bonds. The highest BCUT2D eigenvalue weighted by Gasteiger charge is 2.07. The Bertz CT molecular complexity index is 282. The summed E-state index contributed by atoms with van der Waals surface area (Å²) in [6, 6.07) is 3.74. The van der Waals surface area contributed by atoms with Crippen molar-refractivity contribution in [3.8, 4) is 0 Å². The molecule has 0 aliphatic rings. The molecule has 1 atom stereocenters. The number of aliphatic hydroxyl groups is 1. The monoisotopic (exact) mass is 201 g/mol. The summed E-state index contributed by atoms with van der Waals surface area (Å²) in [7, 11) is 0. The highest BCUT2D eigenvalue weighted by molar-refractivity contribution is 5.19. The van der Waals surface area contributed by atoms with Crippen molar-refractivity contribution < 1.29 is 13.9 Å². The SMILES string of the molecule is CC(O)CNCc1c(F)cccc1F. The third kappa shape index (κ3) is 3.05. The van der Waals surface area contributed by atoms with Crippen LogP contribution in [-0.2, 0) is 6.54 Å². The van der Waals surface area contributed by atoms with Gasteiger partial charge in [-0.2, -0.15) is 0 Å². The molecule has 0 aliphatic heterocycles. The molecule has 0 bridgehead atoms. The number of halogens is 2.